The second-order valence-electron chi connectivity index (χ2n) is 7.11. The fourth-order valence-electron chi connectivity index (χ4n) is 3.44. The Morgan fingerprint density at radius 3 is 2.40 bits per heavy atom. The molecule has 2 rings (SSSR count). The van der Waals surface area contributed by atoms with Gasteiger partial charge >= 0.3 is 0 Å². The molecule has 1 aliphatic rings. The van der Waals surface area contributed by atoms with E-state index in [0.29, 0.717) is 18.8 Å². The minimum absolute atomic E-state index is 0.0699. The molecule has 4 nitrogen and oxygen atoms in total. The minimum Gasteiger partial charge on any atom is -0.343 e. The van der Waals surface area contributed by atoms with Gasteiger partial charge in [-0.05, 0) is 50.8 Å². The van der Waals surface area contributed by atoms with Crippen LogP contribution in [0.1, 0.15) is 61.4 Å². The number of carbonyl (C=O) groups is 2. The van der Waals surface area contributed by atoms with Crippen molar-refractivity contribution in [3.8, 4) is 0 Å². The molecule has 138 valence electrons. The predicted octanol–water partition coefficient (Wildman–Crippen LogP) is 3.45. The maximum Gasteiger partial charge on any atom is 0.223 e. The van der Waals surface area contributed by atoms with Crippen LogP contribution in [0.3, 0.4) is 0 Å². The highest BCUT2D eigenvalue weighted by Crippen LogP contribution is 2.18. The van der Waals surface area contributed by atoms with Crippen molar-refractivity contribution in [1.29, 1.82) is 0 Å². The molecule has 1 aromatic rings. The number of hydrogen-bond donors (Lipinski definition) is 1. The summed E-state index contributed by atoms with van der Waals surface area (Å²) in [5, 5.41) is 3.21. The number of benzene rings is 1. The van der Waals surface area contributed by atoms with Gasteiger partial charge in [0.2, 0.25) is 5.91 Å². The van der Waals surface area contributed by atoms with E-state index in [-0.39, 0.29) is 11.7 Å². The fraction of sp³-hybridized carbons (Fsp3) is 0.619. The van der Waals surface area contributed by atoms with Crippen molar-refractivity contribution in [2.24, 2.45) is 5.92 Å². The van der Waals surface area contributed by atoms with Gasteiger partial charge in [0.05, 0.1) is 0 Å². The molecular weight excluding hydrogens is 312 g/mol. The van der Waals surface area contributed by atoms with Crippen LogP contribution < -0.4 is 5.32 Å². The molecule has 1 N–H and O–H groups in total. The van der Waals surface area contributed by atoms with Crippen molar-refractivity contribution in [2.45, 2.75) is 51.9 Å². The number of unbranched alkanes of at least 4 members (excludes halogenated alkanes) is 1. The number of Topliss-reactive ketones (excluding diaryl/α,β-unsaturated/α-hetero) is 1. The third kappa shape index (κ3) is 6.28. The lowest BCUT2D eigenvalue weighted by atomic mass is 9.96. The average Bonchev–Trinajstić information content (AvgIpc) is 2.65. The molecule has 1 amide bonds. The van der Waals surface area contributed by atoms with Crippen LogP contribution in [0.4, 0.5) is 0 Å². The summed E-state index contributed by atoms with van der Waals surface area (Å²) < 4.78 is 0. The Hall–Kier alpha value is -1.68. The molecule has 0 saturated carbocycles. The van der Waals surface area contributed by atoms with E-state index in [4.69, 9.17) is 0 Å². The van der Waals surface area contributed by atoms with Gasteiger partial charge in [0.15, 0.2) is 5.78 Å². The number of aryl methyl sites for hydroxylation is 1. The molecular formula is C21H32N2O2. The van der Waals surface area contributed by atoms with Crippen molar-refractivity contribution in [3.05, 3.63) is 35.4 Å². The maximum atomic E-state index is 12.3. The van der Waals surface area contributed by atoms with Crippen LogP contribution >= 0.6 is 0 Å². The minimum atomic E-state index is 0.0699. The summed E-state index contributed by atoms with van der Waals surface area (Å²) in [7, 11) is 1.97. The zero-order valence-corrected chi connectivity index (χ0v) is 15.7. The zero-order chi connectivity index (χ0) is 18.1. The quantitative estimate of drug-likeness (QED) is 0.698. The van der Waals surface area contributed by atoms with Crippen molar-refractivity contribution in [3.63, 3.8) is 0 Å². The van der Waals surface area contributed by atoms with Crippen LogP contribution in [0.25, 0.3) is 0 Å². The molecule has 1 aliphatic heterocycles. The van der Waals surface area contributed by atoms with Crippen LogP contribution in [0, 0.1) is 5.92 Å². The highest BCUT2D eigenvalue weighted by molar-refractivity contribution is 5.98. The van der Waals surface area contributed by atoms with Gasteiger partial charge in [-0.3, -0.25) is 9.59 Å². The summed E-state index contributed by atoms with van der Waals surface area (Å²) in [6.45, 7) is 4.85. The monoisotopic (exact) mass is 344 g/mol. The predicted molar refractivity (Wildman–Crippen MR) is 102 cm³/mol. The molecule has 0 bridgehead atoms. The molecule has 4 heteroatoms. The summed E-state index contributed by atoms with van der Waals surface area (Å²) in [4.78, 5) is 26.6. The number of ketones is 1. The Morgan fingerprint density at radius 2 is 1.80 bits per heavy atom. The molecule has 1 fully saturated rings. The molecule has 1 aromatic carbocycles. The zero-order valence-electron chi connectivity index (χ0n) is 15.7. The van der Waals surface area contributed by atoms with Crippen LogP contribution in [-0.4, -0.2) is 43.3 Å². The van der Waals surface area contributed by atoms with Crippen LogP contribution in [0.5, 0.6) is 0 Å². The number of carbonyl (C=O) groups excluding carboxylic acids is 2. The van der Waals surface area contributed by atoms with Gasteiger partial charge < -0.3 is 10.2 Å². The molecule has 0 aromatic heterocycles. The number of piperidine rings is 1. The number of rotatable bonds is 9. The summed E-state index contributed by atoms with van der Waals surface area (Å²) in [5.74, 6) is 0.859. The van der Waals surface area contributed by atoms with Gasteiger partial charge in [0.1, 0.15) is 0 Å². The normalized spacial score (nSPS) is 15.4. The van der Waals surface area contributed by atoms with Crippen molar-refractivity contribution in [2.75, 3.05) is 26.7 Å². The van der Waals surface area contributed by atoms with E-state index in [1.54, 1.807) is 0 Å². The molecule has 1 heterocycles. The van der Waals surface area contributed by atoms with Crippen molar-refractivity contribution < 1.29 is 9.59 Å². The van der Waals surface area contributed by atoms with E-state index < -0.39 is 0 Å². The van der Waals surface area contributed by atoms with Crippen LogP contribution in [0.15, 0.2) is 24.3 Å². The van der Waals surface area contributed by atoms with Gasteiger partial charge in [0, 0.05) is 31.5 Å². The largest absolute Gasteiger partial charge is 0.343 e. The number of amides is 1. The van der Waals surface area contributed by atoms with E-state index in [9.17, 15) is 9.59 Å². The first kappa shape index (κ1) is 19.6. The van der Waals surface area contributed by atoms with E-state index in [2.05, 4.69) is 12.2 Å². The second-order valence-corrected chi connectivity index (χ2v) is 7.11. The van der Waals surface area contributed by atoms with Crippen LogP contribution in [-0.2, 0) is 11.2 Å². The molecule has 0 unspecified atom stereocenters. The maximum absolute atomic E-state index is 12.3. The molecule has 0 aliphatic carbocycles. The Balaban J connectivity index is 1.75. The van der Waals surface area contributed by atoms with Gasteiger partial charge in [0.25, 0.3) is 0 Å². The first-order chi connectivity index (χ1) is 12.1. The van der Waals surface area contributed by atoms with E-state index in [1.165, 1.54) is 18.4 Å². The van der Waals surface area contributed by atoms with E-state index in [1.807, 2.05) is 36.2 Å². The lowest BCUT2D eigenvalue weighted by molar-refractivity contribution is -0.132. The highest BCUT2D eigenvalue weighted by Gasteiger charge is 2.22. The number of nitrogens with zero attached hydrogens (tertiary/aromatic N) is 1. The van der Waals surface area contributed by atoms with Gasteiger partial charge in [-0.25, -0.2) is 0 Å². The Kier molecular flexibility index (Phi) is 8.13. The molecule has 0 radical (unpaired) electrons. The summed E-state index contributed by atoms with van der Waals surface area (Å²) in [5.41, 5.74) is 2.00. The first-order valence-electron chi connectivity index (χ1n) is 9.68. The molecule has 25 heavy (non-hydrogen) atoms. The number of likely N-dealkylation sites (tertiary alicyclic amines) is 1. The van der Waals surface area contributed by atoms with Crippen LogP contribution in [0.2, 0.25) is 0 Å². The molecule has 1 saturated heterocycles. The van der Waals surface area contributed by atoms with E-state index >= 15 is 0 Å². The standard InChI is InChI=1S/C21H32N2O2/c1-3-4-5-17-6-8-19(9-7-17)20(24)10-11-21(25)23-14-12-18(13-15-23)16-22-2/h6-9,18,22H,3-5,10-16H2,1-2H3. The summed E-state index contributed by atoms with van der Waals surface area (Å²) in [6.07, 6.45) is 6.16. The summed E-state index contributed by atoms with van der Waals surface area (Å²) in [6, 6.07) is 7.89. The first-order valence-corrected chi connectivity index (χ1v) is 9.68. The second kappa shape index (κ2) is 10.3. The fourth-order valence-corrected chi connectivity index (χ4v) is 3.44. The Bertz CT molecular complexity index is 546. The number of nitrogens with one attached hydrogen (secondary N) is 1. The Labute approximate surface area is 152 Å². The Morgan fingerprint density at radius 1 is 1.12 bits per heavy atom. The summed E-state index contributed by atoms with van der Waals surface area (Å²) >= 11 is 0. The molecule has 0 atom stereocenters. The smallest absolute Gasteiger partial charge is 0.223 e. The number of hydrogen-bond acceptors (Lipinski definition) is 3. The third-order valence-electron chi connectivity index (χ3n) is 5.12. The lowest BCUT2D eigenvalue weighted by Gasteiger charge is -2.32. The molecule has 0 spiro atoms. The van der Waals surface area contributed by atoms with E-state index in [0.717, 1.165) is 44.5 Å². The van der Waals surface area contributed by atoms with Gasteiger partial charge in [-0.1, -0.05) is 37.6 Å². The van der Waals surface area contributed by atoms with Gasteiger partial charge in [-0.15, -0.1) is 0 Å². The van der Waals surface area contributed by atoms with Crippen molar-refractivity contribution in [1.82, 2.24) is 10.2 Å². The lowest BCUT2D eigenvalue weighted by Crippen LogP contribution is -2.40. The van der Waals surface area contributed by atoms with Crippen molar-refractivity contribution >= 4 is 11.7 Å². The third-order valence-corrected chi connectivity index (χ3v) is 5.12. The van der Waals surface area contributed by atoms with Gasteiger partial charge in [-0.2, -0.15) is 0 Å². The highest BCUT2D eigenvalue weighted by atomic mass is 16.2. The SMILES string of the molecule is CCCCc1ccc(C(=O)CCC(=O)N2CCC(CNC)CC2)cc1. The topological polar surface area (TPSA) is 49.4 Å². The average molecular weight is 344 g/mol.